The standard InChI is InChI=1S/C24H17ClFN3O3/c1-14(30)27-17-10-12-18(13-11-17)28-22-21(15-6-8-16(26)9-7-15)23(31)29(24(22)32)20-5-3-2-4-19(20)25/h2-13,28H,1H3,(H,27,30). The second-order valence-electron chi connectivity index (χ2n) is 7.04. The normalized spacial score (nSPS) is 13.5. The Bertz CT molecular complexity index is 1250. The predicted octanol–water partition coefficient (Wildman–Crippen LogP) is 4.83. The number of benzene rings is 3. The minimum Gasteiger partial charge on any atom is -0.350 e. The van der Waals surface area contributed by atoms with Gasteiger partial charge in [-0.15, -0.1) is 0 Å². The van der Waals surface area contributed by atoms with Crippen LogP contribution >= 0.6 is 11.6 Å². The SMILES string of the molecule is CC(=O)Nc1ccc(NC2=C(c3ccc(F)cc3)C(=O)N(c3ccccc3Cl)C2=O)cc1. The van der Waals surface area contributed by atoms with Crippen molar-refractivity contribution >= 4 is 52.0 Å². The van der Waals surface area contributed by atoms with Gasteiger partial charge in [-0.05, 0) is 54.1 Å². The van der Waals surface area contributed by atoms with Crippen molar-refractivity contribution in [2.75, 3.05) is 15.5 Å². The number of hydrogen-bond acceptors (Lipinski definition) is 4. The molecule has 4 rings (SSSR count). The first-order chi connectivity index (χ1) is 15.3. The highest BCUT2D eigenvalue weighted by Crippen LogP contribution is 2.36. The van der Waals surface area contributed by atoms with Crippen molar-refractivity contribution in [2.24, 2.45) is 0 Å². The summed E-state index contributed by atoms with van der Waals surface area (Å²) in [5.74, 6) is -1.84. The van der Waals surface area contributed by atoms with Crippen molar-refractivity contribution in [2.45, 2.75) is 6.92 Å². The molecule has 1 aliphatic rings. The molecular formula is C24H17ClFN3O3. The molecule has 0 atom stereocenters. The minimum absolute atomic E-state index is 0.0359. The average Bonchev–Trinajstić information content (AvgIpc) is 3.00. The third-order valence-electron chi connectivity index (χ3n) is 4.78. The van der Waals surface area contributed by atoms with Gasteiger partial charge >= 0.3 is 0 Å². The van der Waals surface area contributed by atoms with Crippen molar-refractivity contribution in [3.8, 4) is 0 Å². The molecule has 0 saturated heterocycles. The number of rotatable bonds is 5. The van der Waals surface area contributed by atoms with Crippen molar-refractivity contribution in [3.63, 3.8) is 0 Å². The van der Waals surface area contributed by atoms with E-state index in [1.165, 1.54) is 31.2 Å². The Morgan fingerprint density at radius 3 is 2.12 bits per heavy atom. The van der Waals surface area contributed by atoms with Crippen LogP contribution in [0.1, 0.15) is 12.5 Å². The maximum absolute atomic E-state index is 13.5. The molecule has 0 radical (unpaired) electrons. The van der Waals surface area contributed by atoms with Gasteiger partial charge in [0.15, 0.2) is 0 Å². The van der Waals surface area contributed by atoms with Gasteiger partial charge in [-0.3, -0.25) is 14.4 Å². The number of halogens is 2. The third kappa shape index (κ3) is 4.10. The van der Waals surface area contributed by atoms with E-state index in [-0.39, 0.29) is 27.9 Å². The maximum Gasteiger partial charge on any atom is 0.282 e. The zero-order valence-corrected chi connectivity index (χ0v) is 17.6. The van der Waals surface area contributed by atoms with E-state index in [0.29, 0.717) is 16.9 Å². The molecule has 160 valence electrons. The van der Waals surface area contributed by atoms with Crippen molar-refractivity contribution in [1.29, 1.82) is 0 Å². The molecule has 1 heterocycles. The summed E-state index contributed by atoms with van der Waals surface area (Å²) in [7, 11) is 0. The van der Waals surface area contributed by atoms with Gasteiger partial charge < -0.3 is 10.6 Å². The van der Waals surface area contributed by atoms with Gasteiger partial charge in [0.1, 0.15) is 11.5 Å². The van der Waals surface area contributed by atoms with Crippen LogP contribution in [0.3, 0.4) is 0 Å². The van der Waals surface area contributed by atoms with E-state index in [9.17, 15) is 18.8 Å². The van der Waals surface area contributed by atoms with Crippen LogP contribution in [0.4, 0.5) is 21.5 Å². The van der Waals surface area contributed by atoms with Crippen LogP contribution in [0.15, 0.2) is 78.5 Å². The first-order valence-corrected chi connectivity index (χ1v) is 10.0. The average molecular weight is 450 g/mol. The molecule has 0 unspecified atom stereocenters. The summed E-state index contributed by atoms with van der Waals surface area (Å²) < 4.78 is 13.5. The number of anilines is 3. The van der Waals surface area contributed by atoms with Gasteiger partial charge in [0.25, 0.3) is 11.8 Å². The van der Waals surface area contributed by atoms with E-state index >= 15 is 0 Å². The van der Waals surface area contributed by atoms with Crippen molar-refractivity contribution in [1.82, 2.24) is 0 Å². The van der Waals surface area contributed by atoms with Crippen molar-refractivity contribution in [3.05, 3.63) is 94.9 Å². The lowest BCUT2D eigenvalue weighted by Crippen LogP contribution is -2.32. The number of carbonyl (C=O) groups excluding carboxylic acids is 3. The van der Waals surface area contributed by atoms with Crippen LogP contribution in [0.5, 0.6) is 0 Å². The number of hydrogen-bond donors (Lipinski definition) is 2. The fourth-order valence-corrected chi connectivity index (χ4v) is 3.59. The second kappa shape index (κ2) is 8.64. The van der Waals surface area contributed by atoms with Gasteiger partial charge in [-0.2, -0.15) is 0 Å². The van der Waals surface area contributed by atoms with Crippen LogP contribution in [0, 0.1) is 5.82 Å². The Morgan fingerprint density at radius 1 is 0.875 bits per heavy atom. The molecule has 0 aliphatic carbocycles. The number of carbonyl (C=O) groups is 3. The lowest BCUT2D eigenvalue weighted by atomic mass is 10.0. The summed E-state index contributed by atoms with van der Waals surface area (Å²) in [6, 6.07) is 18.5. The maximum atomic E-state index is 13.5. The molecular weight excluding hydrogens is 433 g/mol. The Kier molecular flexibility index (Phi) is 5.75. The first kappa shape index (κ1) is 21.3. The van der Waals surface area contributed by atoms with E-state index in [2.05, 4.69) is 10.6 Å². The van der Waals surface area contributed by atoms with Crippen molar-refractivity contribution < 1.29 is 18.8 Å². The van der Waals surface area contributed by atoms with E-state index in [1.54, 1.807) is 48.5 Å². The highest BCUT2D eigenvalue weighted by atomic mass is 35.5. The van der Waals surface area contributed by atoms with Gasteiger partial charge in [0.2, 0.25) is 5.91 Å². The minimum atomic E-state index is -0.589. The molecule has 2 N–H and O–H groups in total. The number of amides is 3. The monoisotopic (exact) mass is 449 g/mol. The number of nitrogens with one attached hydrogen (secondary N) is 2. The lowest BCUT2D eigenvalue weighted by Gasteiger charge is -2.16. The summed E-state index contributed by atoms with van der Waals surface area (Å²) >= 11 is 6.25. The number of nitrogens with zero attached hydrogens (tertiary/aromatic N) is 1. The zero-order chi connectivity index (χ0) is 22.8. The second-order valence-corrected chi connectivity index (χ2v) is 7.44. The molecule has 0 bridgehead atoms. The van der Waals surface area contributed by atoms with Gasteiger partial charge in [-0.1, -0.05) is 35.9 Å². The summed E-state index contributed by atoms with van der Waals surface area (Å²) in [6.07, 6.45) is 0. The van der Waals surface area contributed by atoms with Gasteiger partial charge in [0, 0.05) is 18.3 Å². The number of para-hydroxylation sites is 1. The molecule has 0 fully saturated rings. The summed E-state index contributed by atoms with van der Waals surface area (Å²) in [4.78, 5) is 38.9. The molecule has 3 aromatic carbocycles. The molecule has 0 spiro atoms. The molecule has 3 aromatic rings. The smallest absolute Gasteiger partial charge is 0.282 e. The molecule has 3 amide bonds. The van der Waals surface area contributed by atoms with Crippen LogP contribution < -0.4 is 15.5 Å². The van der Waals surface area contributed by atoms with E-state index < -0.39 is 17.6 Å². The van der Waals surface area contributed by atoms with Crippen LogP contribution in [0.25, 0.3) is 5.57 Å². The number of imide groups is 1. The largest absolute Gasteiger partial charge is 0.350 e. The van der Waals surface area contributed by atoms with Crippen LogP contribution in [-0.4, -0.2) is 17.7 Å². The fraction of sp³-hybridized carbons (Fsp3) is 0.0417. The summed E-state index contributed by atoms with van der Waals surface area (Å²) in [6.45, 7) is 1.40. The molecule has 6 nitrogen and oxygen atoms in total. The quantitative estimate of drug-likeness (QED) is 0.547. The summed E-state index contributed by atoms with van der Waals surface area (Å²) in [5, 5.41) is 5.90. The van der Waals surface area contributed by atoms with Gasteiger partial charge in [-0.25, -0.2) is 9.29 Å². The summed E-state index contributed by atoms with van der Waals surface area (Å²) in [5.41, 5.74) is 1.88. The molecule has 0 aromatic heterocycles. The molecule has 1 aliphatic heterocycles. The third-order valence-corrected chi connectivity index (χ3v) is 5.10. The van der Waals surface area contributed by atoms with Crippen LogP contribution in [-0.2, 0) is 14.4 Å². The molecule has 32 heavy (non-hydrogen) atoms. The van der Waals surface area contributed by atoms with Gasteiger partial charge in [0.05, 0.1) is 16.3 Å². The Balaban J connectivity index is 1.76. The van der Waals surface area contributed by atoms with E-state index in [0.717, 1.165) is 4.90 Å². The highest BCUT2D eigenvalue weighted by Gasteiger charge is 2.41. The lowest BCUT2D eigenvalue weighted by molar-refractivity contribution is -0.120. The fourth-order valence-electron chi connectivity index (χ4n) is 3.37. The van der Waals surface area contributed by atoms with E-state index in [4.69, 9.17) is 11.6 Å². The first-order valence-electron chi connectivity index (χ1n) is 9.63. The molecule has 0 saturated carbocycles. The Morgan fingerprint density at radius 2 is 1.50 bits per heavy atom. The Hall–Kier alpha value is -3.97. The van der Waals surface area contributed by atoms with E-state index in [1.807, 2.05) is 0 Å². The molecule has 8 heteroatoms. The highest BCUT2D eigenvalue weighted by molar-refractivity contribution is 6.48. The zero-order valence-electron chi connectivity index (χ0n) is 16.9. The topological polar surface area (TPSA) is 78.5 Å². The predicted molar refractivity (Wildman–Crippen MR) is 122 cm³/mol. The van der Waals surface area contributed by atoms with Crippen LogP contribution in [0.2, 0.25) is 5.02 Å². The Labute approximate surface area is 188 Å².